The predicted octanol–water partition coefficient (Wildman–Crippen LogP) is 3.00. The van der Waals surface area contributed by atoms with E-state index >= 15 is 0 Å². The molecule has 92 valence electrons. The third kappa shape index (κ3) is 2.99. The van der Waals surface area contributed by atoms with Crippen molar-refractivity contribution in [3.8, 4) is 0 Å². The normalized spacial score (nSPS) is 11.5. The predicted molar refractivity (Wildman–Crippen MR) is 72.5 cm³/mol. The number of rotatable bonds is 5. The van der Waals surface area contributed by atoms with Gasteiger partial charge in [-0.15, -0.1) is 0 Å². The van der Waals surface area contributed by atoms with Crippen molar-refractivity contribution in [2.24, 2.45) is 5.92 Å². The maximum absolute atomic E-state index is 6.09. The molecule has 0 amide bonds. The quantitative estimate of drug-likeness (QED) is 0.802. The van der Waals surface area contributed by atoms with Crippen molar-refractivity contribution in [3.05, 3.63) is 28.9 Å². The number of fused-ring (bicyclic) bond motifs is 1. The van der Waals surface area contributed by atoms with Crippen molar-refractivity contribution in [2.45, 2.75) is 20.3 Å². The molecule has 2 N–H and O–H groups in total. The van der Waals surface area contributed by atoms with Gasteiger partial charge < -0.3 is 5.32 Å². The lowest BCUT2D eigenvalue weighted by Gasteiger charge is -2.08. The minimum atomic E-state index is 0.689. The molecule has 0 unspecified atom stereocenters. The summed E-state index contributed by atoms with van der Waals surface area (Å²) < 4.78 is 0. The molecule has 0 bridgehead atoms. The van der Waals surface area contributed by atoms with Crippen molar-refractivity contribution < 1.29 is 0 Å². The number of nitrogens with zero attached hydrogens (tertiary/aromatic N) is 1. The first-order valence-electron chi connectivity index (χ1n) is 5.99. The number of aromatic nitrogens is 2. The van der Waals surface area contributed by atoms with Crippen LogP contribution in [-0.4, -0.2) is 23.3 Å². The molecular formula is C13H18ClN3. The molecule has 0 spiro atoms. The maximum atomic E-state index is 6.09. The molecule has 1 aromatic carbocycles. The molecule has 1 heterocycles. The van der Waals surface area contributed by atoms with Gasteiger partial charge in [-0.25, -0.2) is 0 Å². The first-order valence-corrected chi connectivity index (χ1v) is 6.37. The molecule has 0 aliphatic carbocycles. The van der Waals surface area contributed by atoms with Gasteiger partial charge in [-0.3, -0.25) is 5.10 Å². The fourth-order valence-electron chi connectivity index (χ4n) is 1.89. The van der Waals surface area contributed by atoms with Crippen molar-refractivity contribution in [1.29, 1.82) is 0 Å². The summed E-state index contributed by atoms with van der Waals surface area (Å²) in [5.41, 5.74) is 2.22. The molecule has 1 aromatic heterocycles. The Bertz CT molecular complexity index is 490. The molecule has 0 saturated carbocycles. The number of hydrogen-bond donors (Lipinski definition) is 2. The lowest BCUT2D eigenvalue weighted by molar-refractivity contribution is 0.555. The molecule has 0 radical (unpaired) electrons. The smallest absolute Gasteiger partial charge is 0.0839 e. The van der Waals surface area contributed by atoms with Crippen LogP contribution in [0.5, 0.6) is 0 Å². The van der Waals surface area contributed by atoms with E-state index in [1.54, 1.807) is 0 Å². The van der Waals surface area contributed by atoms with Crippen LogP contribution in [0.15, 0.2) is 18.3 Å². The van der Waals surface area contributed by atoms with Crippen molar-refractivity contribution in [1.82, 2.24) is 15.5 Å². The van der Waals surface area contributed by atoms with Crippen LogP contribution >= 0.6 is 11.6 Å². The van der Waals surface area contributed by atoms with Gasteiger partial charge in [0.1, 0.15) is 0 Å². The minimum Gasteiger partial charge on any atom is -0.316 e. The van der Waals surface area contributed by atoms with Crippen LogP contribution in [0.2, 0.25) is 5.02 Å². The van der Waals surface area contributed by atoms with Crippen LogP contribution in [0, 0.1) is 5.92 Å². The van der Waals surface area contributed by atoms with Gasteiger partial charge >= 0.3 is 0 Å². The van der Waals surface area contributed by atoms with Crippen LogP contribution in [0.3, 0.4) is 0 Å². The average Bonchev–Trinajstić information content (AvgIpc) is 2.76. The van der Waals surface area contributed by atoms with E-state index in [0.29, 0.717) is 5.92 Å². The highest BCUT2D eigenvalue weighted by Gasteiger charge is 2.06. The summed E-state index contributed by atoms with van der Waals surface area (Å²) in [6.07, 6.45) is 2.85. The molecule has 0 saturated heterocycles. The van der Waals surface area contributed by atoms with E-state index in [2.05, 4.69) is 35.4 Å². The van der Waals surface area contributed by atoms with E-state index in [0.717, 1.165) is 35.4 Å². The molecule has 2 aromatic rings. The van der Waals surface area contributed by atoms with Crippen LogP contribution in [0.4, 0.5) is 0 Å². The molecule has 17 heavy (non-hydrogen) atoms. The number of nitrogens with one attached hydrogen (secondary N) is 2. The zero-order valence-electron chi connectivity index (χ0n) is 10.3. The molecule has 4 heteroatoms. The van der Waals surface area contributed by atoms with Gasteiger partial charge in [0.15, 0.2) is 0 Å². The Morgan fingerprint density at radius 1 is 1.41 bits per heavy atom. The fraction of sp³-hybridized carbons (Fsp3) is 0.462. The lowest BCUT2D eigenvalue weighted by atomic mass is 10.1. The summed E-state index contributed by atoms with van der Waals surface area (Å²) in [4.78, 5) is 0. The van der Waals surface area contributed by atoms with Crippen molar-refractivity contribution >= 4 is 22.5 Å². The van der Waals surface area contributed by atoms with Crippen LogP contribution in [0.25, 0.3) is 10.9 Å². The fourth-order valence-corrected chi connectivity index (χ4v) is 2.10. The van der Waals surface area contributed by atoms with Gasteiger partial charge in [-0.1, -0.05) is 31.5 Å². The zero-order chi connectivity index (χ0) is 12.3. The van der Waals surface area contributed by atoms with E-state index in [1.165, 1.54) is 5.56 Å². The average molecular weight is 252 g/mol. The number of aromatic amines is 1. The summed E-state index contributed by atoms with van der Waals surface area (Å²) in [5, 5.41) is 12.3. The largest absolute Gasteiger partial charge is 0.316 e. The van der Waals surface area contributed by atoms with Crippen LogP contribution in [0.1, 0.15) is 19.4 Å². The monoisotopic (exact) mass is 251 g/mol. The number of hydrogen-bond acceptors (Lipinski definition) is 2. The second-order valence-electron chi connectivity index (χ2n) is 4.71. The first kappa shape index (κ1) is 12.4. The Morgan fingerprint density at radius 2 is 2.24 bits per heavy atom. The Labute approximate surface area is 107 Å². The van der Waals surface area contributed by atoms with Gasteiger partial charge in [0.05, 0.1) is 16.7 Å². The summed E-state index contributed by atoms with van der Waals surface area (Å²) >= 11 is 6.09. The van der Waals surface area contributed by atoms with E-state index in [-0.39, 0.29) is 0 Å². The molecule has 3 nitrogen and oxygen atoms in total. The Balaban J connectivity index is 2.04. The molecular weight excluding hydrogens is 234 g/mol. The maximum Gasteiger partial charge on any atom is 0.0839 e. The second kappa shape index (κ2) is 5.52. The van der Waals surface area contributed by atoms with Crippen LogP contribution in [-0.2, 0) is 6.42 Å². The summed E-state index contributed by atoms with van der Waals surface area (Å²) in [6, 6.07) is 4.01. The number of H-pyrrole nitrogens is 1. The van der Waals surface area contributed by atoms with Gasteiger partial charge in [0, 0.05) is 5.39 Å². The Morgan fingerprint density at radius 3 is 3.00 bits per heavy atom. The highest BCUT2D eigenvalue weighted by atomic mass is 35.5. The molecule has 0 aliphatic rings. The van der Waals surface area contributed by atoms with Gasteiger partial charge in [0.2, 0.25) is 0 Å². The highest BCUT2D eigenvalue weighted by molar-refractivity contribution is 6.35. The van der Waals surface area contributed by atoms with E-state index in [4.69, 9.17) is 11.6 Å². The summed E-state index contributed by atoms with van der Waals surface area (Å²) in [6.45, 7) is 6.47. The third-order valence-electron chi connectivity index (χ3n) is 2.78. The van der Waals surface area contributed by atoms with Gasteiger partial charge in [-0.2, -0.15) is 5.10 Å². The zero-order valence-corrected chi connectivity index (χ0v) is 11.0. The molecule has 2 rings (SSSR count). The molecule has 0 atom stereocenters. The molecule has 0 fully saturated rings. The standard InChI is InChI=1S/C13H18ClN3/c1-9(2)7-15-6-5-10-3-4-12(14)13-11(10)8-16-17-13/h3-4,8-9,15H,5-7H2,1-2H3,(H,16,17). The summed E-state index contributed by atoms with van der Waals surface area (Å²) in [5.74, 6) is 0.689. The number of halogens is 1. The lowest BCUT2D eigenvalue weighted by Crippen LogP contribution is -2.22. The van der Waals surface area contributed by atoms with Crippen molar-refractivity contribution in [3.63, 3.8) is 0 Å². The van der Waals surface area contributed by atoms with Gasteiger partial charge in [-0.05, 0) is 37.1 Å². The van der Waals surface area contributed by atoms with Crippen molar-refractivity contribution in [2.75, 3.05) is 13.1 Å². The topological polar surface area (TPSA) is 40.7 Å². The van der Waals surface area contributed by atoms with Crippen LogP contribution < -0.4 is 5.32 Å². The highest BCUT2D eigenvalue weighted by Crippen LogP contribution is 2.24. The number of benzene rings is 1. The SMILES string of the molecule is CC(C)CNCCc1ccc(Cl)c2[nH]ncc12. The minimum absolute atomic E-state index is 0.689. The Kier molecular flexibility index (Phi) is 4.02. The van der Waals surface area contributed by atoms with E-state index in [1.807, 2.05) is 12.3 Å². The van der Waals surface area contributed by atoms with Gasteiger partial charge in [0.25, 0.3) is 0 Å². The third-order valence-corrected chi connectivity index (χ3v) is 3.09. The second-order valence-corrected chi connectivity index (χ2v) is 5.12. The summed E-state index contributed by atoms with van der Waals surface area (Å²) in [7, 11) is 0. The molecule has 0 aliphatic heterocycles. The van der Waals surface area contributed by atoms with E-state index < -0.39 is 0 Å². The van der Waals surface area contributed by atoms with E-state index in [9.17, 15) is 0 Å². The Hall–Kier alpha value is -1.06. The first-order chi connectivity index (χ1) is 8.18.